The van der Waals surface area contributed by atoms with Gasteiger partial charge in [0, 0.05) is 10.1 Å². The molecule has 0 bridgehead atoms. The minimum atomic E-state index is -0.541. The molecule has 116 valence electrons. The molecule has 3 nitrogen and oxygen atoms in total. The summed E-state index contributed by atoms with van der Waals surface area (Å²) in [6.45, 7) is 2.79. The van der Waals surface area contributed by atoms with Crippen molar-refractivity contribution in [3.05, 3.63) is 29.3 Å². The number of ether oxygens (including phenoxy) is 1. The highest BCUT2D eigenvalue weighted by atomic mass is 35.5. The van der Waals surface area contributed by atoms with Gasteiger partial charge in [-0.15, -0.1) is 11.8 Å². The Hall–Kier alpha value is -0.710. The molecule has 0 amide bonds. The Morgan fingerprint density at radius 1 is 1.52 bits per heavy atom. The molecule has 0 radical (unpaired) electrons. The number of rotatable bonds is 5. The van der Waals surface area contributed by atoms with Gasteiger partial charge in [0.25, 0.3) is 0 Å². The van der Waals surface area contributed by atoms with E-state index in [1.54, 1.807) is 11.8 Å². The van der Waals surface area contributed by atoms with Crippen molar-refractivity contribution in [2.75, 3.05) is 13.7 Å². The van der Waals surface area contributed by atoms with Crippen molar-refractivity contribution >= 4 is 29.3 Å². The van der Waals surface area contributed by atoms with Gasteiger partial charge in [0.05, 0.1) is 12.1 Å². The van der Waals surface area contributed by atoms with Crippen molar-refractivity contribution in [1.82, 2.24) is 5.32 Å². The van der Waals surface area contributed by atoms with Crippen LogP contribution in [0.5, 0.6) is 0 Å². The molecule has 1 aliphatic rings. The van der Waals surface area contributed by atoms with Crippen molar-refractivity contribution in [3.8, 4) is 0 Å². The number of likely N-dealkylation sites (N-methyl/N-ethyl adjacent to an activating group) is 1. The lowest BCUT2D eigenvalue weighted by molar-refractivity contribution is -0.150. The average molecular weight is 328 g/mol. The van der Waals surface area contributed by atoms with Crippen LogP contribution >= 0.6 is 23.4 Å². The normalized spacial score (nSPS) is 25.6. The number of nitrogens with one attached hydrogen (secondary N) is 1. The predicted octanol–water partition coefficient (Wildman–Crippen LogP) is 3.90. The first-order valence-electron chi connectivity index (χ1n) is 7.36. The second-order valence-electron chi connectivity index (χ2n) is 5.37. The molecule has 21 heavy (non-hydrogen) atoms. The fourth-order valence-corrected chi connectivity index (χ4v) is 4.62. The molecule has 0 heterocycles. The van der Waals surface area contributed by atoms with E-state index in [1.807, 2.05) is 31.2 Å². The molecule has 1 aromatic carbocycles. The first kappa shape index (κ1) is 16.7. The van der Waals surface area contributed by atoms with E-state index >= 15 is 0 Å². The third kappa shape index (κ3) is 3.93. The number of esters is 1. The highest BCUT2D eigenvalue weighted by molar-refractivity contribution is 8.00. The molecule has 1 aromatic rings. The minimum absolute atomic E-state index is 0.145. The molecule has 0 aromatic heterocycles. The molecule has 0 saturated heterocycles. The summed E-state index contributed by atoms with van der Waals surface area (Å²) in [4.78, 5) is 13.3. The predicted molar refractivity (Wildman–Crippen MR) is 88.0 cm³/mol. The number of hydrogen-bond donors (Lipinski definition) is 1. The van der Waals surface area contributed by atoms with Crippen LogP contribution in [0.2, 0.25) is 5.02 Å². The van der Waals surface area contributed by atoms with Crippen LogP contribution in [0.4, 0.5) is 0 Å². The number of benzene rings is 1. The maximum atomic E-state index is 12.2. The van der Waals surface area contributed by atoms with Crippen molar-refractivity contribution in [2.45, 2.75) is 48.3 Å². The van der Waals surface area contributed by atoms with Crippen molar-refractivity contribution in [2.24, 2.45) is 0 Å². The van der Waals surface area contributed by atoms with Gasteiger partial charge in [-0.25, -0.2) is 0 Å². The summed E-state index contributed by atoms with van der Waals surface area (Å²) in [6, 6.07) is 7.87. The van der Waals surface area contributed by atoms with Gasteiger partial charge in [-0.3, -0.25) is 4.79 Å². The van der Waals surface area contributed by atoms with Crippen LogP contribution in [0.25, 0.3) is 0 Å². The summed E-state index contributed by atoms with van der Waals surface area (Å²) < 4.78 is 5.03. The second kappa shape index (κ2) is 7.52. The summed E-state index contributed by atoms with van der Waals surface area (Å²) in [5.74, 6) is -0.145. The molecule has 2 rings (SSSR count). The average Bonchev–Trinajstić information content (AvgIpc) is 2.49. The maximum Gasteiger partial charge on any atom is 0.326 e. The van der Waals surface area contributed by atoms with Crippen LogP contribution in [0, 0.1) is 0 Å². The number of carbonyl (C=O) groups excluding carboxylic acids is 1. The zero-order valence-electron chi connectivity index (χ0n) is 12.5. The van der Waals surface area contributed by atoms with E-state index in [1.165, 1.54) is 7.11 Å². The molecule has 1 fully saturated rings. The zero-order valence-corrected chi connectivity index (χ0v) is 14.1. The lowest BCUT2D eigenvalue weighted by Crippen LogP contribution is -2.55. The largest absolute Gasteiger partial charge is 0.468 e. The van der Waals surface area contributed by atoms with Gasteiger partial charge in [-0.05, 0) is 44.4 Å². The highest BCUT2D eigenvalue weighted by Crippen LogP contribution is 2.40. The molecule has 1 N–H and O–H groups in total. The van der Waals surface area contributed by atoms with Crippen molar-refractivity contribution in [1.29, 1.82) is 0 Å². The maximum absolute atomic E-state index is 12.2. The molecule has 0 aliphatic heterocycles. The van der Waals surface area contributed by atoms with Crippen LogP contribution < -0.4 is 5.32 Å². The van der Waals surface area contributed by atoms with E-state index in [4.69, 9.17) is 16.3 Å². The quantitative estimate of drug-likeness (QED) is 0.832. The Bertz CT molecular complexity index is 493. The van der Waals surface area contributed by atoms with Crippen LogP contribution in [0.3, 0.4) is 0 Å². The monoisotopic (exact) mass is 327 g/mol. The Balaban J connectivity index is 2.12. The van der Waals surface area contributed by atoms with E-state index in [9.17, 15) is 4.79 Å². The number of hydrogen-bond acceptors (Lipinski definition) is 4. The zero-order chi connectivity index (χ0) is 15.3. The smallest absolute Gasteiger partial charge is 0.326 e. The van der Waals surface area contributed by atoms with Gasteiger partial charge < -0.3 is 10.1 Å². The molecule has 1 saturated carbocycles. The Labute approximate surface area is 135 Å². The van der Waals surface area contributed by atoms with E-state index < -0.39 is 5.54 Å². The molecule has 0 spiro atoms. The second-order valence-corrected chi connectivity index (χ2v) is 7.12. The summed E-state index contributed by atoms with van der Waals surface area (Å²) in [5, 5.41) is 4.51. The van der Waals surface area contributed by atoms with E-state index in [0.717, 1.165) is 42.1 Å². The first-order chi connectivity index (χ1) is 10.1. The summed E-state index contributed by atoms with van der Waals surface area (Å²) >= 11 is 8.00. The van der Waals surface area contributed by atoms with Crippen LogP contribution in [0.1, 0.15) is 32.6 Å². The fraction of sp³-hybridized carbons (Fsp3) is 0.562. The summed E-state index contributed by atoms with van der Waals surface area (Å²) in [5.41, 5.74) is -0.541. The van der Waals surface area contributed by atoms with Gasteiger partial charge in [0.2, 0.25) is 0 Å². The number of carbonyl (C=O) groups is 1. The lowest BCUT2D eigenvalue weighted by Gasteiger charge is -2.39. The Morgan fingerprint density at radius 3 is 2.95 bits per heavy atom. The lowest BCUT2D eigenvalue weighted by atomic mass is 9.81. The van der Waals surface area contributed by atoms with Crippen LogP contribution in [0.15, 0.2) is 29.2 Å². The molecule has 1 aliphatic carbocycles. The third-order valence-electron chi connectivity index (χ3n) is 3.93. The molecule has 2 atom stereocenters. The highest BCUT2D eigenvalue weighted by Gasteiger charge is 2.43. The van der Waals surface area contributed by atoms with Gasteiger partial charge >= 0.3 is 5.97 Å². The van der Waals surface area contributed by atoms with E-state index in [-0.39, 0.29) is 5.97 Å². The Morgan fingerprint density at radius 2 is 2.29 bits per heavy atom. The van der Waals surface area contributed by atoms with Gasteiger partial charge in [-0.2, -0.15) is 0 Å². The van der Waals surface area contributed by atoms with Crippen LogP contribution in [-0.4, -0.2) is 30.4 Å². The van der Waals surface area contributed by atoms with Gasteiger partial charge in [-0.1, -0.05) is 30.7 Å². The molecular formula is C16H22ClNO2S. The molecular weight excluding hydrogens is 306 g/mol. The topological polar surface area (TPSA) is 38.3 Å². The minimum Gasteiger partial charge on any atom is -0.468 e. The number of halogens is 1. The third-order valence-corrected chi connectivity index (χ3v) is 5.71. The molecule has 5 heteroatoms. The number of methoxy groups -OCH3 is 1. The van der Waals surface area contributed by atoms with Gasteiger partial charge in [0.15, 0.2) is 0 Å². The fourth-order valence-electron chi connectivity index (χ4n) is 3.00. The SMILES string of the molecule is CCNC1(C(=O)OC)CCCC(Sc2ccccc2Cl)C1. The first-order valence-corrected chi connectivity index (χ1v) is 8.61. The molecule has 2 unspecified atom stereocenters. The summed E-state index contributed by atoms with van der Waals surface area (Å²) in [6.07, 6.45) is 3.74. The van der Waals surface area contributed by atoms with Crippen molar-refractivity contribution < 1.29 is 9.53 Å². The van der Waals surface area contributed by atoms with E-state index in [2.05, 4.69) is 5.32 Å². The summed E-state index contributed by atoms with van der Waals surface area (Å²) in [7, 11) is 1.46. The Kier molecular flexibility index (Phi) is 5.97. The van der Waals surface area contributed by atoms with Gasteiger partial charge in [0.1, 0.15) is 5.54 Å². The number of thioether (sulfide) groups is 1. The van der Waals surface area contributed by atoms with E-state index in [0.29, 0.717) is 5.25 Å². The van der Waals surface area contributed by atoms with Crippen molar-refractivity contribution in [3.63, 3.8) is 0 Å². The standard InChI is InChI=1S/C16H22ClNO2S/c1-3-18-16(15(19)20-2)10-6-7-12(11-16)21-14-9-5-4-8-13(14)17/h4-5,8-9,12,18H,3,6-7,10-11H2,1-2H3. The van der Waals surface area contributed by atoms with Crippen LogP contribution in [-0.2, 0) is 9.53 Å².